The summed E-state index contributed by atoms with van der Waals surface area (Å²) in [6.07, 6.45) is 2.97. The number of nitrogens with one attached hydrogen (secondary N) is 1. The molecule has 5 heteroatoms. The Morgan fingerprint density at radius 2 is 2.35 bits per heavy atom. The molecule has 1 aliphatic rings. The van der Waals surface area contributed by atoms with E-state index in [4.69, 9.17) is 4.74 Å². The quantitative estimate of drug-likeness (QED) is 0.843. The molecule has 1 fully saturated rings. The summed E-state index contributed by atoms with van der Waals surface area (Å²) in [6.45, 7) is 2.37. The second kappa shape index (κ2) is 6.99. The molecule has 1 unspecified atom stereocenters. The first-order chi connectivity index (χ1) is 9.65. The maximum atomic E-state index is 12.3. The Morgan fingerprint density at radius 1 is 1.55 bits per heavy atom. The van der Waals surface area contributed by atoms with Crippen LogP contribution in [-0.4, -0.2) is 44.3 Å². The molecule has 1 saturated heterocycles. The first-order valence-corrected chi connectivity index (χ1v) is 8.04. The molecule has 1 amide bonds. The Hall–Kier alpha value is -1.20. The van der Waals surface area contributed by atoms with Crippen molar-refractivity contribution in [1.82, 2.24) is 10.2 Å². The molecule has 0 bridgehead atoms. The Kier molecular flexibility index (Phi) is 5.31. The van der Waals surface area contributed by atoms with Crippen molar-refractivity contribution in [2.24, 2.45) is 5.92 Å². The molecule has 110 valence electrons. The van der Waals surface area contributed by atoms with E-state index in [-0.39, 0.29) is 11.8 Å². The van der Waals surface area contributed by atoms with Crippen LogP contribution in [0.2, 0.25) is 0 Å². The first-order valence-electron chi connectivity index (χ1n) is 6.82. The van der Waals surface area contributed by atoms with Gasteiger partial charge in [-0.2, -0.15) is 0 Å². The van der Waals surface area contributed by atoms with E-state index in [0.717, 1.165) is 35.7 Å². The molecule has 1 aromatic carbocycles. The molecule has 0 spiro atoms. The number of nitrogens with zero attached hydrogens (tertiary/aromatic N) is 1. The SMILES string of the molecule is COc1cc(CN(C)C(=O)C2CCNC2)ccc1SC. The molecule has 20 heavy (non-hydrogen) atoms. The number of thioether (sulfide) groups is 1. The first kappa shape index (κ1) is 15.2. The van der Waals surface area contributed by atoms with Gasteiger partial charge in [-0.1, -0.05) is 6.07 Å². The summed E-state index contributed by atoms with van der Waals surface area (Å²) in [4.78, 5) is 15.2. The van der Waals surface area contributed by atoms with Gasteiger partial charge in [-0.15, -0.1) is 11.8 Å². The third-order valence-electron chi connectivity index (χ3n) is 3.65. The van der Waals surface area contributed by atoms with E-state index >= 15 is 0 Å². The minimum absolute atomic E-state index is 0.132. The standard InChI is InChI=1S/C15H22N2O2S/c1-17(15(18)12-6-7-16-9-12)10-11-4-5-14(20-3)13(8-11)19-2/h4-5,8,12,16H,6-7,9-10H2,1-3H3. The van der Waals surface area contributed by atoms with Crippen molar-refractivity contribution in [2.75, 3.05) is 33.5 Å². The molecule has 1 N–H and O–H groups in total. The number of methoxy groups -OCH3 is 1. The lowest BCUT2D eigenvalue weighted by Gasteiger charge is -2.21. The summed E-state index contributed by atoms with van der Waals surface area (Å²) in [7, 11) is 3.55. The molecule has 0 saturated carbocycles. The van der Waals surface area contributed by atoms with Gasteiger partial charge in [0.15, 0.2) is 0 Å². The topological polar surface area (TPSA) is 41.6 Å². The Balaban J connectivity index is 2.03. The Labute approximate surface area is 124 Å². The van der Waals surface area contributed by atoms with Crippen molar-refractivity contribution in [2.45, 2.75) is 17.9 Å². The number of amides is 1. The number of carbonyl (C=O) groups is 1. The zero-order valence-electron chi connectivity index (χ0n) is 12.3. The third kappa shape index (κ3) is 3.46. The lowest BCUT2D eigenvalue weighted by Crippen LogP contribution is -2.33. The van der Waals surface area contributed by atoms with Crippen molar-refractivity contribution in [1.29, 1.82) is 0 Å². The van der Waals surface area contributed by atoms with Gasteiger partial charge < -0.3 is 15.0 Å². The number of hydrogen-bond donors (Lipinski definition) is 1. The summed E-state index contributed by atoms with van der Waals surface area (Å²) in [6, 6.07) is 6.13. The highest BCUT2D eigenvalue weighted by atomic mass is 32.2. The molecule has 0 radical (unpaired) electrons. The van der Waals surface area contributed by atoms with Crippen LogP contribution in [0.1, 0.15) is 12.0 Å². The highest BCUT2D eigenvalue weighted by Gasteiger charge is 2.25. The summed E-state index contributed by atoms with van der Waals surface area (Å²) >= 11 is 1.66. The van der Waals surface area contributed by atoms with Crippen LogP contribution in [-0.2, 0) is 11.3 Å². The average molecular weight is 294 g/mol. The van der Waals surface area contributed by atoms with Gasteiger partial charge >= 0.3 is 0 Å². The van der Waals surface area contributed by atoms with Crippen molar-refractivity contribution in [3.8, 4) is 5.75 Å². The van der Waals surface area contributed by atoms with Crippen LogP contribution in [0.15, 0.2) is 23.1 Å². The van der Waals surface area contributed by atoms with E-state index in [1.807, 2.05) is 30.3 Å². The van der Waals surface area contributed by atoms with Crippen molar-refractivity contribution in [3.63, 3.8) is 0 Å². The molecule has 2 rings (SSSR count). The fourth-order valence-corrected chi connectivity index (χ4v) is 3.06. The van der Waals surface area contributed by atoms with Gasteiger partial charge in [0.05, 0.1) is 13.0 Å². The third-order valence-corrected chi connectivity index (χ3v) is 4.43. The van der Waals surface area contributed by atoms with Crippen LogP contribution in [0.5, 0.6) is 5.75 Å². The largest absolute Gasteiger partial charge is 0.496 e. The zero-order valence-corrected chi connectivity index (χ0v) is 13.1. The van der Waals surface area contributed by atoms with Gasteiger partial charge in [0, 0.05) is 25.0 Å². The molecule has 1 heterocycles. The van der Waals surface area contributed by atoms with Gasteiger partial charge in [0.25, 0.3) is 0 Å². The van der Waals surface area contributed by atoms with E-state index in [1.54, 1.807) is 18.9 Å². The fourth-order valence-electron chi connectivity index (χ4n) is 2.51. The maximum absolute atomic E-state index is 12.3. The second-order valence-corrected chi connectivity index (χ2v) is 5.92. The number of carbonyl (C=O) groups excluding carboxylic acids is 1. The van der Waals surface area contributed by atoms with E-state index in [9.17, 15) is 4.79 Å². The van der Waals surface area contributed by atoms with Gasteiger partial charge in [0.2, 0.25) is 5.91 Å². The number of rotatable bonds is 5. The number of ether oxygens (including phenoxy) is 1. The summed E-state index contributed by atoms with van der Waals surface area (Å²) < 4.78 is 5.38. The van der Waals surface area contributed by atoms with Crippen LogP contribution in [0, 0.1) is 5.92 Å². The average Bonchev–Trinajstić information content (AvgIpc) is 3.00. The lowest BCUT2D eigenvalue weighted by molar-refractivity contribution is -0.134. The lowest BCUT2D eigenvalue weighted by atomic mass is 10.1. The minimum atomic E-state index is 0.132. The number of hydrogen-bond acceptors (Lipinski definition) is 4. The van der Waals surface area contributed by atoms with Crippen molar-refractivity contribution < 1.29 is 9.53 Å². The summed E-state index contributed by atoms with van der Waals surface area (Å²) in [5, 5.41) is 3.24. The summed E-state index contributed by atoms with van der Waals surface area (Å²) in [5.41, 5.74) is 1.10. The Bertz CT molecular complexity index is 473. The molecule has 4 nitrogen and oxygen atoms in total. The van der Waals surface area contributed by atoms with Crippen LogP contribution in [0.25, 0.3) is 0 Å². The minimum Gasteiger partial charge on any atom is -0.496 e. The van der Waals surface area contributed by atoms with Gasteiger partial charge in [-0.05, 0) is 36.9 Å². The van der Waals surface area contributed by atoms with Crippen LogP contribution in [0.3, 0.4) is 0 Å². The molecular weight excluding hydrogens is 272 g/mol. The highest BCUT2D eigenvalue weighted by molar-refractivity contribution is 7.98. The van der Waals surface area contributed by atoms with Crippen LogP contribution < -0.4 is 10.1 Å². The maximum Gasteiger partial charge on any atom is 0.227 e. The van der Waals surface area contributed by atoms with Gasteiger partial charge in [-0.25, -0.2) is 0 Å². The fraction of sp³-hybridized carbons (Fsp3) is 0.533. The van der Waals surface area contributed by atoms with Crippen molar-refractivity contribution in [3.05, 3.63) is 23.8 Å². The Morgan fingerprint density at radius 3 is 2.95 bits per heavy atom. The summed E-state index contributed by atoms with van der Waals surface area (Å²) in [5.74, 6) is 1.23. The zero-order chi connectivity index (χ0) is 14.5. The van der Waals surface area contributed by atoms with Crippen LogP contribution in [0.4, 0.5) is 0 Å². The predicted octanol–water partition coefficient (Wildman–Crippen LogP) is 1.98. The molecule has 1 aromatic rings. The molecule has 0 aliphatic carbocycles. The number of benzene rings is 1. The molecule has 1 aliphatic heterocycles. The van der Waals surface area contributed by atoms with Crippen molar-refractivity contribution >= 4 is 17.7 Å². The highest BCUT2D eigenvalue weighted by Crippen LogP contribution is 2.28. The molecular formula is C15H22N2O2S. The van der Waals surface area contributed by atoms with E-state index in [1.165, 1.54) is 0 Å². The smallest absolute Gasteiger partial charge is 0.227 e. The monoisotopic (exact) mass is 294 g/mol. The van der Waals surface area contributed by atoms with Crippen LogP contribution >= 0.6 is 11.8 Å². The van der Waals surface area contributed by atoms with E-state index in [2.05, 4.69) is 11.4 Å². The second-order valence-electron chi connectivity index (χ2n) is 5.07. The predicted molar refractivity (Wildman–Crippen MR) is 82.2 cm³/mol. The molecule has 1 atom stereocenters. The molecule has 0 aromatic heterocycles. The normalized spacial score (nSPS) is 18.1. The van der Waals surface area contributed by atoms with E-state index in [0.29, 0.717) is 6.54 Å². The van der Waals surface area contributed by atoms with Gasteiger partial charge in [0.1, 0.15) is 5.75 Å². The van der Waals surface area contributed by atoms with Gasteiger partial charge in [-0.3, -0.25) is 4.79 Å². The van der Waals surface area contributed by atoms with E-state index < -0.39 is 0 Å².